The van der Waals surface area contributed by atoms with E-state index in [2.05, 4.69) is 10.6 Å². The van der Waals surface area contributed by atoms with Gasteiger partial charge in [-0.1, -0.05) is 26.0 Å². The number of amides is 4. The van der Waals surface area contributed by atoms with Crippen molar-refractivity contribution in [3.05, 3.63) is 59.5 Å². The molecule has 2 aromatic rings. The van der Waals surface area contributed by atoms with Crippen molar-refractivity contribution >= 4 is 23.6 Å². The molecule has 2 N–H and O–H groups in total. The summed E-state index contributed by atoms with van der Waals surface area (Å²) in [6.45, 7) is 3.63. The van der Waals surface area contributed by atoms with Gasteiger partial charge in [-0.05, 0) is 36.6 Å². The largest absolute Gasteiger partial charge is 0.467 e. The van der Waals surface area contributed by atoms with Crippen molar-refractivity contribution in [2.45, 2.75) is 32.9 Å². The zero-order chi connectivity index (χ0) is 21.0. The van der Waals surface area contributed by atoms with E-state index in [-0.39, 0.29) is 29.5 Å². The second-order valence-corrected chi connectivity index (χ2v) is 7.29. The van der Waals surface area contributed by atoms with Crippen LogP contribution in [0, 0.1) is 5.92 Å². The predicted molar refractivity (Wildman–Crippen MR) is 104 cm³/mol. The van der Waals surface area contributed by atoms with Crippen LogP contribution in [-0.4, -0.2) is 41.1 Å². The molecule has 0 saturated carbocycles. The number of imide groups is 1. The smallest absolute Gasteiger partial charge is 0.262 e. The second kappa shape index (κ2) is 8.72. The Hall–Kier alpha value is -3.42. The summed E-state index contributed by atoms with van der Waals surface area (Å²) in [4.78, 5) is 50.8. The van der Waals surface area contributed by atoms with E-state index in [9.17, 15) is 19.2 Å². The van der Waals surface area contributed by atoms with Crippen LogP contribution in [0.2, 0.25) is 0 Å². The van der Waals surface area contributed by atoms with Gasteiger partial charge in [0.2, 0.25) is 11.8 Å². The van der Waals surface area contributed by atoms with Gasteiger partial charge in [-0.2, -0.15) is 0 Å². The fraction of sp³-hybridized carbons (Fsp3) is 0.333. The van der Waals surface area contributed by atoms with Gasteiger partial charge in [-0.25, -0.2) is 0 Å². The highest BCUT2D eigenvalue weighted by molar-refractivity contribution is 6.22. The quantitative estimate of drug-likeness (QED) is 0.660. The number of furan rings is 1. The van der Waals surface area contributed by atoms with Crippen molar-refractivity contribution in [2.24, 2.45) is 5.92 Å². The summed E-state index contributed by atoms with van der Waals surface area (Å²) >= 11 is 0. The van der Waals surface area contributed by atoms with Gasteiger partial charge in [0.1, 0.15) is 18.3 Å². The zero-order valence-corrected chi connectivity index (χ0v) is 16.3. The van der Waals surface area contributed by atoms with Crippen LogP contribution in [0.1, 0.15) is 46.7 Å². The van der Waals surface area contributed by atoms with E-state index in [0.717, 1.165) is 4.90 Å². The number of nitrogens with zero attached hydrogens (tertiary/aromatic N) is 1. The molecule has 8 heteroatoms. The Balaban J connectivity index is 1.62. The Kier molecular flexibility index (Phi) is 6.11. The zero-order valence-electron chi connectivity index (χ0n) is 16.3. The van der Waals surface area contributed by atoms with E-state index in [1.54, 1.807) is 36.4 Å². The summed E-state index contributed by atoms with van der Waals surface area (Å²) in [7, 11) is 0. The number of carbonyl (C=O) groups is 4. The Morgan fingerprint density at radius 2 is 1.69 bits per heavy atom. The number of fused-ring (bicyclic) bond motifs is 1. The molecule has 0 aliphatic carbocycles. The first kappa shape index (κ1) is 20.3. The first-order valence-corrected chi connectivity index (χ1v) is 9.41. The van der Waals surface area contributed by atoms with Crippen LogP contribution in [0.25, 0.3) is 0 Å². The maximum absolute atomic E-state index is 12.5. The Morgan fingerprint density at radius 3 is 2.24 bits per heavy atom. The maximum atomic E-state index is 12.5. The molecule has 0 radical (unpaired) electrons. The monoisotopic (exact) mass is 397 g/mol. The third-order valence-corrected chi connectivity index (χ3v) is 4.56. The van der Waals surface area contributed by atoms with Crippen molar-refractivity contribution in [1.82, 2.24) is 15.5 Å². The number of rotatable bonds is 8. The molecule has 29 heavy (non-hydrogen) atoms. The molecule has 0 saturated heterocycles. The van der Waals surface area contributed by atoms with Crippen LogP contribution in [0.4, 0.5) is 0 Å². The van der Waals surface area contributed by atoms with E-state index in [4.69, 9.17) is 4.42 Å². The fourth-order valence-electron chi connectivity index (χ4n) is 3.18. The van der Waals surface area contributed by atoms with Gasteiger partial charge in [-0.15, -0.1) is 0 Å². The molecule has 1 aliphatic heterocycles. The van der Waals surface area contributed by atoms with Crippen LogP contribution in [0.15, 0.2) is 47.1 Å². The van der Waals surface area contributed by atoms with Crippen molar-refractivity contribution < 1.29 is 23.6 Å². The molecule has 1 aromatic heterocycles. The summed E-state index contributed by atoms with van der Waals surface area (Å²) in [6.07, 6.45) is 1.93. The molecule has 1 aromatic carbocycles. The molecule has 0 spiro atoms. The first-order valence-electron chi connectivity index (χ1n) is 9.41. The average molecular weight is 397 g/mol. The van der Waals surface area contributed by atoms with E-state index in [0.29, 0.717) is 12.2 Å². The SMILES string of the molecule is CC(C)C[C@@H](NC(=O)CN1C(=O)c2ccccc2C1=O)C(=O)NCc1ccco1. The van der Waals surface area contributed by atoms with Gasteiger partial charge in [0.25, 0.3) is 11.8 Å². The molecular weight excluding hydrogens is 374 g/mol. The summed E-state index contributed by atoms with van der Waals surface area (Å²) in [6, 6.07) is 9.10. The number of nitrogens with one attached hydrogen (secondary N) is 2. The minimum absolute atomic E-state index is 0.147. The highest BCUT2D eigenvalue weighted by Gasteiger charge is 2.36. The van der Waals surface area contributed by atoms with Crippen LogP contribution in [-0.2, 0) is 16.1 Å². The minimum Gasteiger partial charge on any atom is -0.467 e. The number of benzene rings is 1. The van der Waals surface area contributed by atoms with E-state index < -0.39 is 30.3 Å². The molecule has 0 fully saturated rings. The fourth-order valence-corrected chi connectivity index (χ4v) is 3.18. The average Bonchev–Trinajstić information content (AvgIpc) is 3.29. The van der Waals surface area contributed by atoms with Crippen LogP contribution >= 0.6 is 0 Å². The molecular formula is C21H23N3O5. The van der Waals surface area contributed by atoms with Crippen molar-refractivity contribution in [3.8, 4) is 0 Å². The topological polar surface area (TPSA) is 109 Å². The third kappa shape index (κ3) is 4.71. The summed E-state index contributed by atoms with van der Waals surface area (Å²) in [5.41, 5.74) is 0.556. The Morgan fingerprint density at radius 1 is 1.03 bits per heavy atom. The van der Waals surface area contributed by atoms with Gasteiger partial charge in [0, 0.05) is 0 Å². The number of hydrogen-bond donors (Lipinski definition) is 2. The second-order valence-electron chi connectivity index (χ2n) is 7.29. The maximum Gasteiger partial charge on any atom is 0.262 e. The molecule has 1 atom stereocenters. The standard InChI is InChI=1S/C21H23N3O5/c1-13(2)10-17(19(26)22-11-14-6-5-9-29-14)23-18(25)12-24-20(27)15-7-3-4-8-16(15)21(24)28/h3-9,13,17H,10-12H2,1-2H3,(H,22,26)(H,23,25)/t17-/m1/s1. The van der Waals surface area contributed by atoms with Crippen molar-refractivity contribution in [3.63, 3.8) is 0 Å². The molecule has 0 bridgehead atoms. The van der Waals surface area contributed by atoms with Crippen LogP contribution in [0.5, 0.6) is 0 Å². The third-order valence-electron chi connectivity index (χ3n) is 4.56. The molecule has 0 unspecified atom stereocenters. The molecule has 8 nitrogen and oxygen atoms in total. The van der Waals surface area contributed by atoms with Crippen LogP contribution < -0.4 is 10.6 Å². The summed E-state index contributed by atoms with van der Waals surface area (Å²) in [5, 5.41) is 5.37. The van der Waals surface area contributed by atoms with Crippen molar-refractivity contribution in [1.29, 1.82) is 0 Å². The van der Waals surface area contributed by atoms with E-state index in [1.165, 1.54) is 6.26 Å². The van der Waals surface area contributed by atoms with E-state index in [1.807, 2.05) is 13.8 Å². The molecule has 152 valence electrons. The first-order chi connectivity index (χ1) is 13.9. The highest BCUT2D eigenvalue weighted by Crippen LogP contribution is 2.22. The lowest BCUT2D eigenvalue weighted by Crippen LogP contribution is -2.50. The number of carbonyl (C=O) groups excluding carboxylic acids is 4. The minimum atomic E-state index is -0.785. The Labute approximate surface area is 168 Å². The number of hydrogen-bond acceptors (Lipinski definition) is 5. The van der Waals surface area contributed by atoms with Crippen LogP contribution in [0.3, 0.4) is 0 Å². The summed E-state index contributed by atoms with van der Waals surface area (Å²) < 4.78 is 5.19. The lowest BCUT2D eigenvalue weighted by Gasteiger charge is -2.21. The molecule has 4 amide bonds. The molecule has 1 aliphatic rings. The molecule has 3 rings (SSSR count). The van der Waals surface area contributed by atoms with Gasteiger partial charge in [0.05, 0.1) is 23.9 Å². The lowest BCUT2D eigenvalue weighted by molar-refractivity contribution is -0.129. The normalized spacial score (nSPS) is 14.1. The predicted octanol–water partition coefficient (Wildman–Crippen LogP) is 1.72. The van der Waals surface area contributed by atoms with Gasteiger partial charge >= 0.3 is 0 Å². The Bertz CT molecular complexity index is 885. The van der Waals surface area contributed by atoms with Gasteiger partial charge < -0.3 is 15.1 Å². The lowest BCUT2D eigenvalue weighted by atomic mass is 10.0. The van der Waals surface area contributed by atoms with Gasteiger partial charge in [-0.3, -0.25) is 24.1 Å². The highest BCUT2D eigenvalue weighted by atomic mass is 16.3. The van der Waals surface area contributed by atoms with E-state index >= 15 is 0 Å². The summed E-state index contributed by atoms with van der Waals surface area (Å²) in [5.74, 6) is -1.20. The van der Waals surface area contributed by atoms with Crippen molar-refractivity contribution in [2.75, 3.05) is 6.54 Å². The molecule has 2 heterocycles. The van der Waals surface area contributed by atoms with Gasteiger partial charge in [0.15, 0.2) is 0 Å².